The van der Waals surface area contributed by atoms with Gasteiger partial charge in [-0.15, -0.1) is 0 Å². The van der Waals surface area contributed by atoms with Crippen LogP contribution in [-0.4, -0.2) is 31.9 Å². The number of carbonyl (C=O) groups excluding carboxylic acids is 1. The Hall–Kier alpha value is -2.64. The molecule has 0 aliphatic rings. The van der Waals surface area contributed by atoms with Gasteiger partial charge in [0.2, 0.25) is 0 Å². The molecule has 31 heavy (non-hydrogen) atoms. The molecule has 8 nitrogen and oxygen atoms in total. The van der Waals surface area contributed by atoms with E-state index in [4.69, 9.17) is 16.7 Å². The predicted molar refractivity (Wildman–Crippen MR) is 113 cm³/mol. The van der Waals surface area contributed by atoms with E-state index >= 15 is 0 Å². The molecule has 1 aromatic carbocycles. The molecule has 0 fully saturated rings. The number of amides is 2. The molecule has 0 aliphatic heterocycles. The lowest BCUT2D eigenvalue weighted by atomic mass is 10.1. The van der Waals surface area contributed by atoms with Crippen LogP contribution in [0, 0.1) is 0 Å². The van der Waals surface area contributed by atoms with Gasteiger partial charge in [0.1, 0.15) is 10.3 Å². The van der Waals surface area contributed by atoms with Crippen molar-refractivity contribution in [3.8, 4) is 5.82 Å². The van der Waals surface area contributed by atoms with Crippen LogP contribution < -0.4 is 10.6 Å². The lowest BCUT2D eigenvalue weighted by Crippen LogP contribution is -2.20. The quantitative estimate of drug-likeness (QED) is 0.360. The van der Waals surface area contributed by atoms with Gasteiger partial charge < -0.3 is 10.4 Å². The van der Waals surface area contributed by atoms with Gasteiger partial charge in [-0.1, -0.05) is 11.6 Å². The Morgan fingerprint density at radius 2 is 1.87 bits per heavy atom. The number of hydrogen-bond donors (Lipinski definition) is 3. The van der Waals surface area contributed by atoms with Crippen LogP contribution in [0.25, 0.3) is 5.82 Å². The number of alkyl halides is 3. The van der Waals surface area contributed by atoms with Crippen LogP contribution in [0.3, 0.4) is 0 Å². The Balaban J connectivity index is 2.05. The van der Waals surface area contributed by atoms with Crippen LogP contribution in [-0.2, 0) is 6.18 Å². The second kappa shape index (κ2) is 8.85. The minimum atomic E-state index is -4.74. The fraction of sp³-hybridized carbons (Fsp3) is 0.0588. The lowest BCUT2D eigenvalue weighted by molar-refractivity contribution is -0.137. The van der Waals surface area contributed by atoms with Gasteiger partial charge in [0.25, 0.3) is 5.91 Å². The zero-order valence-electron chi connectivity index (χ0n) is 14.8. The number of anilines is 2. The molecular formula is C17H9Br2ClF3N5O3. The summed E-state index contributed by atoms with van der Waals surface area (Å²) in [6.07, 6.45) is -4.92. The first-order chi connectivity index (χ1) is 14.5. The van der Waals surface area contributed by atoms with Crippen molar-refractivity contribution in [2.24, 2.45) is 0 Å². The molecule has 2 heterocycles. The Morgan fingerprint density at radius 3 is 2.48 bits per heavy atom. The Bertz CT molecular complexity index is 1190. The van der Waals surface area contributed by atoms with Crippen molar-refractivity contribution in [2.45, 2.75) is 6.18 Å². The number of carbonyl (C=O) groups is 2. The Labute approximate surface area is 193 Å². The van der Waals surface area contributed by atoms with Crippen molar-refractivity contribution in [1.29, 1.82) is 0 Å². The average Bonchev–Trinajstić information content (AvgIpc) is 3.05. The highest BCUT2D eigenvalue weighted by atomic mass is 79.9. The molecule has 0 atom stereocenters. The van der Waals surface area contributed by atoms with Crippen molar-refractivity contribution < 1.29 is 27.9 Å². The summed E-state index contributed by atoms with van der Waals surface area (Å²) >= 11 is 12.2. The van der Waals surface area contributed by atoms with Gasteiger partial charge in [-0.2, -0.15) is 18.3 Å². The largest absolute Gasteiger partial charge is 0.465 e. The van der Waals surface area contributed by atoms with E-state index in [0.29, 0.717) is 12.1 Å². The van der Waals surface area contributed by atoms with Crippen molar-refractivity contribution >= 4 is 66.8 Å². The molecule has 0 aliphatic carbocycles. The molecule has 0 spiro atoms. The first kappa shape index (κ1) is 23.0. The van der Waals surface area contributed by atoms with Gasteiger partial charge in [-0.05, 0) is 56.1 Å². The van der Waals surface area contributed by atoms with Crippen molar-refractivity contribution in [2.75, 3.05) is 10.6 Å². The van der Waals surface area contributed by atoms with Gasteiger partial charge in [-0.25, -0.2) is 14.5 Å². The van der Waals surface area contributed by atoms with Gasteiger partial charge in [-0.3, -0.25) is 10.1 Å². The second-order valence-corrected chi connectivity index (χ2v) is 7.91. The summed E-state index contributed by atoms with van der Waals surface area (Å²) < 4.78 is 40.5. The highest BCUT2D eigenvalue weighted by Gasteiger charge is 2.33. The Morgan fingerprint density at radius 1 is 1.16 bits per heavy atom. The van der Waals surface area contributed by atoms with Crippen molar-refractivity contribution in [3.05, 3.63) is 61.9 Å². The monoisotopic (exact) mass is 581 g/mol. The maximum absolute atomic E-state index is 13.1. The zero-order chi connectivity index (χ0) is 22.9. The number of halogens is 6. The van der Waals surface area contributed by atoms with Gasteiger partial charge in [0.05, 0.1) is 22.0 Å². The molecule has 14 heteroatoms. The molecule has 0 radical (unpaired) electrons. The summed E-state index contributed by atoms with van der Waals surface area (Å²) in [4.78, 5) is 28.1. The van der Waals surface area contributed by atoms with E-state index < -0.39 is 29.4 Å². The van der Waals surface area contributed by atoms with Gasteiger partial charge >= 0.3 is 12.3 Å². The molecule has 0 unspecified atom stereocenters. The molecule has 3 N–H and O–H groups in total. The maximum Gasteiger partial charge on any atom is 0.416 e. The molecule has 2 amide bonds. The number of carboxylic acid groups (broad SMARTS) is 1. The van der Waals surface area contributed by atoms with E-state index in [1.54, 1.807) is 6.07 Å². The summed E-state index contributed by atoms with van der Waals surface area (Å²) in [7, 11) is 0. The van der Waals surface area contributed by atoms with Crippen LogP contribution in [0.4, 0.5) is 29.3 Å². The fourth-order valence-electron chi connectivity index (χ4n) is 2.50. The topological polar surface area (TPSA) is 109 Å². The molecule has 2 aromatic heterocycles. The highest BCUT2D eigenvalue weighted by Crippen LogP contribution is 2.39. The number of aromatic nitrogens is 3. The number of hydrogen-bond acceptors (Lipinski definition) is 4. The molecule has 0 bridgehead atoms. The van der Waals surface area contributed by atoms with Crippen LogP contribution in [0.5, 0.6) is 0 Å². The summed E-state index contributed by atoms with van der Waals surface area (Å²) in [5.41, 5.74) is -1.89. The number of rotatable bonds is 4. The molecule has 0 saturated carbocycles. The minimum Gasteiger partial charge on any atom is -0.465 e. The Kier molecular flexibility index (Phi) is 6.57. The lowest BCUT2D eigenvalue weighted by Gasteiger charge is -2.16. The standard InChI is InChI=1S/C17H9Br2ClF3N5O3/c18-8-4-7(17(21,22)23)5-10(25-16(30)31)13(8)26-15(29)11-6-12(19)27-28(11)14-9(20)2-1-3-24-14/h1-6,25H,(H,26,29)(H,30,31). The SMILES string of the molecule is O=C(O)Nc1cc(C(F)(F)F)cc(Br)c1NC(=O)c1cc(Br)nn1-c1ncccc1Cl. The van der Waals surface area contributed by atoms with E-state index in [9.17, 15) is 22.8 Å². The number of benzene rings is 1. The van der Waals surface area contributed by atoms with Crippen LogP contribution >= 0.6 is 43.5 Å². The van der Waals surface area contributed by atoms with Crippen LogP contribution in [0.2, 0.25) is 5.02 Å². The maximum atomic E-state index is 13.1. The predicted octanol–water partition coefficient (Wildman–Crippen LogP) is 5.81. The third-order valence-electron chi connectivity index (χ3n) is 3.75. The first-order valence-electron chi connectivity index (χ1n) is 8.06. The molecule has 0 saturated heterocycles. The van der Waals surface area contributed by atoms with E-state index in [0.717, 1.165) is 4.68 Å². The van der Waals surface area contributed by atoms with Gasteiger partial charge in [0.15, 0.2) is 5.82 Å². The van der Waals surface area contributed by atoms with Crippen molar-refractivity contribution in [3.63, 3.8) is 0 Å². The molecule has 3 rings (SSSR count). The number of nitrogens with zero attached hydrogens (tertiary/aromatic N) is 3. The zero-order valence-corrected chi connectivity index (χ0v) is 18.8. The van der Waals surface area contributed by atoms with Crippen molar-refractivity contribution in [1.82, 2.24) is 14.8 Å². The summed E-state index contributed by atoms with van der Waals surface area (Å²) in [6, 6.07) is 5.72. The molecular weight excluding hydrogens is 574 g/mol. The summed E-state index contributed by atoms with van der Waals surface area (Å²) in [5.74, 6) is -0.677. The minimum absolute atomic E-state index is 0.0689. The van der Waals surface area contributed by atoms with E-state index in [-0.39, 0.29) is 31.3 Å². The average molecular weight is 584 g/mol. The summed E-state index contributed by atoms with van der Waals surface area (Å²) in [6.45, 7) is 0. The number of nitrogens with one attached hydrogen (secondary N) is 2. The van der Waals surface area contributed by atoms with E-state index in [1.165, 1.54) is 18.3 Å². The molecule has 3 aromatic rings. The first-order valence-corrected chi connectivity index (χ1v) is 10.0. The van der Waals surface area contributed by atoms with Crippen LogP contribution in [0.1, 0.15) is 16.1 Å². The third kappa shape index (κ3) is 5.17. The number of pyridine rings is 1. The highest BCUT2D eigenvalue weighted by molar-refractivity contribution is 9.10. The fourth-order valence-corrected chi connectivity index (χ4v) is 3.63. The second-order valence-electron chi connectivity index (χ2n) is 5.84. The van der Waals surface area contributed by atoms with Gasteiger partial charge in [0, 0.05) is 16.7 Å². The third-order valence-corrected chi connectivity index (χ3v) is 5.06. The molecule has 162 valence electrons. The summed E-state index contributed by atoms with van der Waals surface area (Å²) in [5, 5.41) is 17.5. The van der Waals surface area contributed by atoms with E-state index in [1.807, 2.05) is 5.32 Å². The van der Waals surface area contributed by atoms with E-state index in [2.05, 4.69) is 47.3 Å². The van der Waals surface area contributed by atoms with Crippen LogP contribution in [0.15, 0.2) is 45.6 Å². The normalized spacial score (nSPS) is 11.3. The smallest absolute Gasteiger partial charge is 0.416 e.